The molecule has 3 heterocycles. The SMILES string of the molecule is Cc1ccsc1CN(C)Cc1nc(-c2cccnc2)no1. The highest BCUT2D eigenvalue weighted by atomic mass is 32.1. The van der Waals surface area contributed by atoms with Crippen molar-refractivity contribution in [1.82, 2.24) is 20.0 Å². The zero-order valence-electron chi connectivity index (χ0n) is 12.0. The maximum absolute atomic E-state index is 5.31. The van der Waals surface area contributed by atoms with E-state index in [0.717, 1.165) is 12.1 Å². The van der Waals surface area contributed by atoms with E-state index < -0.39 is 0 Å². The summed E-state index contributed by atoms with van der Waals surface area (Å²) in [5, 5.41) is 6.12. The Balaban J connectivity index is 1.66. The van der Waals surface area contributed by atoms with Crippen LogP contribution in [0.4, 0.5) is 0 Å². The minimum absolute atomic E-state index is 0.582. The maximum atomic E-state index is 5.31. The van der Waals surface area contributed by atoms with E-state index in [2.05, 4.69) is 38.4 Å². The minimum Gasteiger partial charge on any atom is -0.338 e. The number of pyridine rings is 1. The highest BCUT2D eigenvalue weighted by Crippen LogP contribution is 2.19. The Bertz CT molecular complexity index is 707. The van der Waals surface area contributed by atoms with Crippen LogP contribution in [-0.2, 0) is 13.1 Å². The van der Waals surface area contributed by atoms with E-state index >= 15 is 0 Å². The molecule has 5 nitrogen and oxygen atoms in total. The van der Waals surface area contributed by atoms with Gasteiger partial charge in [-0.15, -0.1) is 11.3 Å². The van der Waals surface area contributed by atoms with E-state index in [1.54, 1.807) is 23.7 Å². The lowest BCUT2D eigenvalue weighted by Gasteiger charge is -2.13. The van der Waals surface area contributed by atoms with Gasteiger partial charge in [0.15, 0.2) is 0 Å². The van der Waals surface area contributed by atoms with Crippen molar-refractivity contribution in [1.29, 1.82) is 0 Å². The summed E-state index contributed by atoms with van der Waals surface area (Å²) in [7, 11) is 2.05. The van der Waals surface area contributed by atoms with Crippen LogP contribution in [0.1, 0.15) is 16.3 Å². The Morgan fingerprint density at radius 1 is 1.29 bits per heavy atom. The van der Waals surface area contributed by atoms with Gasteiger partial charge in [-0.2, -0.15) is 4.98 Å². The topological polar surface area (TPSA) is 55.1 Å². The number of thiophene rings is 1. The zero-order valence-corrected chi connectivity index (χ0v) is 12.8. The van der Waals surface area contributed by atoms with Crippen LogP contribution in [0.25, 0.3) is 11.4 Å². The molecule has 3 aromatic heterocycles. The second kappa shape index (κ2) is 6.15. The average Bonchev–Trinajstić information content (AvgIpc) is 3.10. The Morgan fingerprint density at radius 2 is 2.19 bits per heavy atom. The van der Waals surface area contributed by atoms with Crippen LogP contribution >= 0.6 is 11.3 Å². The number of aromatic nitrogens is 3. The fourth-order valence-corrected chi connectivity index (χ4v) is 3.01. The van der Waals surface area contributed by atoms with Crippen LogP contribution < -0.4 is 0 Å². The van der Waals surface area contributed by atoms with Crippen molar-refractivity contribution in [3.63, 3.8) is 0 Å². The van der Waals surface area contributed by atoms with E-state index in [1.807, 2.05) is 19.2 Å². The van der Waals surface area contributed by atoms with Crippen molar-refractivity contribution in [2.75, 3.05) is 7.05 Å². The highest BCUT2D eigenvalue weighted by molar-refractivity contribution is 7.10. The number of aryl methyl sites for hydroxylation is 1. The molecule has 0 amide bonds. The number of rotatable bonds is 5. The molecule has 6 heteroatoms. The van der Waals surface area contributed by atoms with Crippen molar-refractivity contribution in [3.8, 4) is 11.4 Å². The molecule has 108 valence electrons. The van der Waals surface area contributed by atoms with E-state index in [-0.39, 0.29) is 0 Å². The average molecular weight is 300 g/mol. The van der Waals surface area contributed by atoms with Gasteiger partial charge in [0.1, 0.15) is 0 Å². The molecule has 0 atom stereocenters. The lowest BCUT2D eigenvalue weighted by Crippen LogP contribution is -2.17. The van der Waals surface area contributed by atoms with Gasteiger partial charge in [0.05, 0.1) is 6.54 Å². The van der Waals surface area contributed by atoms with Crippen LogP contribution in [-0.4, -0.2) is 27.1 Å². The zero-order chi connectivity index (χ0) is 14.7. The van der Waals surface area contributed by atoms with Crippen molar-refractivity contribution in [3.05, 3.63) is 52.3 Å². The molecule has 0 bridgehead atoms. The summed E-state index contributed by atoms with van der Waals surface area (Å²) < 4.78 is 5.31. The molecule has 0 N–H and O–H groups in total. The largest absolute Gasteiger partial charge is 0.338 e. The lowest BCUT2D eigenvalue weighted by molar-refractivity contribution is 0.262. The number of hydrogen-bond donors (Lipinski definition) is 0. The van der Waals surface area contributed by atoms with Gasteiger partial charge in [0.25, 0.3) is 0 Å². The predicted molar refractivity (Wildman–Crippen MR) is 81.8 cm³/mol. The maximum Gasteiger partial charge on any atom is 0.241 e. The highest BCUT2D eigenvalue weighted by Gasteiger charge is 2.12. The fourth-order valence-electron chi connectivity index (χ4n) is 2.03. The smallest absolute Gasteiger partial charge is 0.241 e. The summed E-state index contributed by atoms with van der Waals surface area (Å²) in [5.41, 5.74) is 2.19. The Labute approximate surface area is 127 Å². The van der Waals surface area contributed by atoms with Crippen molar-refractivity contribution >= 4 is 11.3 Å². The van der Waals surface area contributed by atoms with Gasteiger partial charge in [-0.05, 0) is 43.1 Å². The normalized spacial score (nSPS) is 11.2. The van der Waals surface area contributed by atoms with Gasteiger partial charge in [-0.25, -0.2) is 0 Å². The van der Waals surface area contributed by atoms with E-state index in [1.165, 1.54) is 10.4 Å². The van der Waals surface area contributed by atoms with Gasteiger partial charge in [0, 0.05) is 29.4 Å². The molecular formula is C15H16N4OS. The quantitative estimate of drug-likeness (QED) is 0.724. The first-order chi connectivity index (χ1) is 10.2. The molecule has 0 aliphatic rings. The Hall–Kier alpha value is -2.05. The molecule has 0 saturated carbocycles. The summed E-state index contributed by atoms with van der Waals surface area (Å²) in [4.78, 5) is 12.0. The van der Waals surface area contributed by atoms with Crippen LogP contribution in [0.5, 0.6) is 0 Å². The fraction of sp³-hybridized carbons (Fsp3) is 0.267. The lowest BCUT2D eigenvalue weighted by atomic mass is 10.3. The first-order valence-electron chi connectivity index (χ1n) is 6.67. The third-order valence-electron chi connectivity index (χ3n) is 3.17. The summed E-state index contributed by atoms with van der Waals surface area (Å²) >= 11 is 1.77. The predicted octanol–water partition coefficient (Wildman–Crippen LogP) is 3.13. The van der Waals surface area contributed by atoms with Gasteiger partial charge in [-0.3, -0.25) is 9.88 Å². The number of hydrogen-bond acceptors (Lipinski definition) is 6. The molecule has 0 saturated heterocycles. The summed E-state index contributed by atoms with van der Waals surface area (Å²) in [6.45, 7) is 3.64. The Kier molecular flexibility index (Phi) is 4.08. The molecule has 0 unspecified atom stereocenters. The second-order valence-corrected chi connectivity index (χ2v) is 5.95. The van der Waals surface area contributed by atoms with E-state index in [0.29, 0.717) is 18.3 Å². The van der Waals surface area contributed by atoms with Crippen molar-refractivity contribution in [2.24, 2.45) is 0 Å². The molecule has 3 aromatic rings. The van der Waals surface area contributed by atoms with E-state index in [9.17, 15) is 0 Å². The van der Waals surface area contributed by atoms with Gasteiger partial charge in [-0.1, -0.05) is 5.16 Å². The first-order valence-corrected chi connectivity index (χ1v) is 7.55. The van der Waals surface area contributed by atoms with E-state index in [4.69, 9.17) is 4.52 Å². The molecular weight excluding hydrogens is 284 g/mol. The third-order valence-corrected chi connectivity index (χ3v) is 4.18. The summed E-state index contributed by atoms with van der Waals surface area (Å²) in [5.74, 6) is 1.20. The van der Waals surface area contributed by atoms with Crippen LogP contribution in [0.2, 0.25) is 0 Å². The molecule has 0 aliphatic heterocycles. The van der Waals surface area contributed by atoms with Crippen LogP contribution in [0.15, 0.2) is 40.5 Å². The van der Waals surface area contributed by atoms with Gasteiger partial charge in [0.2, 0.25) is 11.7 Å². The molecule has 0 fully saturated rings. The van der Waals surface area contributed by atoms with Crippen molar-refractivity contribution in [2.45, 2.75) is 20.0 Å². The number of nitrogens with zero attached hydrogens (tertiary/aromatic N) is 4. The molecule has 0 aromatic carbocycles. The molecule has 0 aliphatic carbocycles. The first kappa shape index (κ1) is 13.9. The molecule has 0 radical (unpaired) electrons. The van der Waals surface area contributed by atoms with Gasteiger partial charge >= 0.3 is 0 Å². The minimum atomic E-state index is 0.582. The summed E-state index contributed by atoms with van der Waals surface area (Å²) in [6, 6.07) is 5.92. The molecule has 3 rings (SSSR count). The monoisotopic (exact) mass is 300 g/mol. The molecule has 21 heavy (non-hydrogen) atoms. The van der Waals surface area contributed by atoms with Crippen LogP contribution in [0.3, 0.4) is 0 Å². The third kappa shape index (κ3) is 3.34. The molecule has 0 spiro atoms. The van der Waals surface area contributed by atoms with Crippen LogP contribution in [0, 0.1) is 6.92 Å². The second-order valence-electron chi connectivity index (χ2n) is 4.95. The van der Waals surface area contributed by atoms with Gasteiger partial charge < -0.3 is 4.52 Å². The standard InChI is InChI=1S/C15H16N4OS/c1-11-5-7-21-13(11)9-19(2)10-14-17-15(18-20-14)12-4-3-6-16-8-12/h3-8H,9-10H2,1-2H3. The summed E-state index contributed by atoms with van der Waals surface area (Å²) in [6.07, 6.45) is 3.45. The van der Waals surface area contributed by atoms with Crippen molar-refractivity contribution < 1.29 is 4.52 Å². The Morgan fingerprint density at radius 3 is 2.90 bits per heavy atom.